The summed E-state index contributed by atoms with van der Waals surface area (Å²) in [4.78, 5) is 47.0. The molecule has 2 saturated heterocycles. The summed E-state index contributed by atoms with van der Waals surface area (Å²) < 4.78 is 42.7. The summed E-state index contributed by atoms with van der Waals surface area (Å²) in [6.45, 7) is 3.16. The van der Waals surface area contributed by atoms with Crippen molar-refractivity contribution in [2.24, 2.45) is 0 Å². The van der Waals surface area contributed by atoms with Crippen LogP contribution >= 0.6 is 0 Å². The normalized spacial score (nSPS) is 36.4. The molecule has 10 atom stereocenters. The number of carbonyl (C=O) groups is 4. The first-order valence-electron chi connectivity index (χ1n) is 11.0. The van der Waals surface area contributed by atoms with Crippen molar-refractivity contribution in [3.05, 3.63) is 0 Å². The lowest BCUT2D eigenvalue weighted by atomic mass is 9.96. The second-order valence-corrected chi connectivity index (χ2v) is 8.11. The molecular formula is C21H32O15. The van der Waals surface area contributed by atoms with Gasteiger partial charge in [-0.05, 0) is 0 Å². The van der Waals surface area contributed by atoms with Crippen LogP contribution in [0.2, 0.25) is 0 Å². The average Bonchev–Trinajstić information content (AvgIpc) is 2.78. The molecule has 0 unspecified atom stereocenters. The summed E-state index contributed by atoms with van der Waals surface area (Å²) in [7, 11) is 1.21. The second-order valence-electron chi connectivity index (χ2n) is 8.11. The van der Waals surface area contributed by atoms with E-state index in [1.54, 1.807) is 0 Å². The minimum atomic E-state index is -1.66. The van der Waals surface area contributed by atoms with Gasteiger partial charge in [-0.1, -0.05) is 0 Å². The standard InChI is InChI=1S/C21H32O15/c1-8(23)30-7-13-16(31-9(2)24)18(32-10(3)25)19(33-11(4)26)21(35-13)36-17-14(27)12(6-22)34-20(29-5)15(17)28/h12-22,27-28H,6-7H2,1-5H3/t12-,13+,14-,15-,16+,17+,18-,19+,20-,21-/m1/s1. The van der Waals surface area contributed by atoms with Crippen molar-refractivity contribution in [1.29, 1.82) is 0 Å². The van der Waals surface area contributed by atoms with Gasteiger partial charge in [-0.2, -0.15) is 0 Å². The Morgan fingerprint density at radius 2 is 1.22 bits per heavy atom. The molecule has 3 N–H and O–H groups in total. The molecule has 0 radical (unpaired) electrons. The molecule has 2 aliphatic rings. The summed E-state index contributed by atoms with van der Waals surface area (Å²) in [5.74, 6) is -3.20. The molecule has 36 heavy (non-hydrogen) atoms. The summed E-state index contributed by atoms with van der Waals surface area (Å²) in [6, 6.07) is 0. The topological polar surface area (TPSA) is 203 Å². The Labute approximate surface area is 206 Å². The predicted molar refractivity (Wildman–Crippen MR) is 112 cm³/mol. The van der Waals surface area contributed by atoms with E-state index in [0.29, 0.717) is 0 Å². The van der Waals surface area contributed by atoms with E-state index in [2.05, 4.69) is 0 Å². The Balaban J connectivity index is 2.48. The Morgan fingerprint density at radius 3 is 1.72 bits per heavy atom. The number of carbonyl (C=O) groups excluding carboxylic acids is 4. The Hall–Kier alpha value is -2.40. The summed E-state index contributed by atoms with van der Waals surface area (Å²) in [6.07, 6.45) is -14.7. The van der Waals surface area contributed by atoms with Crippen LogP contribution in [-0.2, 0) is 57.1 Å². The average molecular weight is 524 g/mol. The molecule has 0 aromatic heterocycles. The minimum Gasteiger partial charge on any atom is -0.463 e. The SMILES string of the molecule is CO[C@@H]1O[C@H](CO)[C@@H](O)[C@H](O[C@H]2O[C@@H](COC(C)=O)[C@H](OC(C)=O)[C@@H](OC(C)=O)[C@@H]2OC(C)=O)[C@H]1O. The Kier molecular flexibility index (Phi) is 11.0. The Bertz CT molecular complexity index is 771. The van der Waals surface area contributed by atoms with E-state index < -0.39 is 98.5 Å². The number of hydrogen-bond acceptors (Lipinski definition) is 15. The third kappa shape index (κ3) is 7.55. The molecule has 2 aliphatic heterocycles. The van der Waals surface area contributed by atoms with Gasteiger partial charge >= 0.3 is 23.9 Å². The molecule has 2 rings (SSSR count). The van der Waals surface area contributed by atoms with Crippen LogP contribution in [0.1, 0.15) is 27.7 Å². The van der Waals surface area contributed by atoms with Crippen molar-refractivity contribution in [3.63, 3.8) is 0 Å². The largest absolute Gasteiger partial charge is 0.463 e. The first kappa shape index (κ1) is 29.8. The quantitative estimate of drug-likeness (QED) is 0.211. The van der Waals surface area contributed by atoms with Gasteiger partial charge in [0.2, 0.25) is 0 Å². The van der Waals surface area contributed by atoms with Crippen molar-refractivity contribution in [3.8, 4) is 0 Å². The first-order valence-corrected chi connectivity index (χ1v) is 11.0. The smallest absolute Gasteiger partial charge is 0.303 e. The highest BCUT2D eigenvalue weighted by Gasteiger charge is 2.55. The molecular weight excluding hydrogens is 492 g/mol. The highest BCUT2D eigenvalue weighted by Crippen LogP contribution is 2.33. The fourth-order valence-electron chi connectivity index (χ4n) is 3.86. The lowest BCUT2D eigenvalue weighted by Crippen LogP contribution is -2.66. The van der Waals surface area contributed by atoms with E-state index in [9.17, 15) is 34.5 Å². The van der Waals surface area contributed by atoms with E-state index in [1.807, 2.05) is 0 Å². The molecule has 2 heterocycles. The van der Waals surface area contributed by atoms with Gasteiger partial charge in [0.05, 0.1) is 6.61 Å². The molecule has 0 aliphatic carbocycles. The van der Waals surface area contributed by atoms with Crippen LogP contribution < -0.4 is 0 Å². The monoisotopic (exact) mass is 524 g/mol. The maximum absolute atomic E-state index is 11.9. The van der Waals surface area contributed by atoms with E-state index >= 15 is 0 Å². The minimum absolute atomic E-state index is 0.490. The van der Waals surface area contributed by atoms with Crippen molar-refractivity contribution in [2.75, 3.05) is 20.3 Å². The zero-order valence-corrected chi connectivity index (χ0v) is 20.4. The summed E-state index contributed by atoms with van der Waals surface area (Å²) in [5, 5.41) is 30.8. The maximum atomic E-state index is 11.9. The van der Waals surface area contributed by atoms with Crippen LogP contribution in [-0.4, -0.2) is 121 Å². The first-order chi connectivity index (χ1) is 16.9. The van der Waals surface area contributed by atoms with Crippen LogP contribution in [0.4, 0.5) is 0 Å². The number of aliphatic hydroxyl groups is 3. The Morgan fingerprint density at radius 1 is 0.694 bits per heavy atom. The molecule has 15 heteroatoms. The fraction of sp³-hybridized carbons (Fsp3) is 0.810. The third-order valence-corrected chi connectivity index (χ3v) is 5.29. The molecule has 0 aromatic rings. The van der Waals surface area contributed by atoms with Gasteiger partial charge in [-0.25, -0.2) is 0 Å². The number of esters is 4. The van der Waals surface area contributed by atoms with Gasteiger partial charge in [0.25, 0.3) is 0 Å². The van der Waals surface area contributed by atoms with Gasteiger partial charge in [0.15, 0.2) is 30.9 Å². The predicted octanol–water partition coefficient (Wildman–Crippen LogP) is -2.46. The zero-order chi connectivity index (χ0) is 27.2. The van der Waals surface area contributed by atoms with Crippen molar-refractivity contribution >= 4 is 23.9 Å². The van der Waals surface area contributed by atoms with Gasteiger partial charge in [0.1, 0.15) is 37.1 Å². The van der Waals surface area contributed by atoms with E-state index in [-0.39, 0.29) is 0 Å². The van der Waals surface area contributed by atoms with Crippen molar-refractivity contribution in [2.45, 2.75) is 89.1 Å². The van der Waals surface area contributed by atoms with Crippen molar-refractivity contribution in [1.82, 2.24) is 0 Å². The molecule has 0 saturated carbocycles. The molecule has 0 bridgehead atoms. The second kappa shape index (κ2) is 13.2. The molecule has 0 spiro atoms. The van der Waals surface area contributed by atoms with E-state index in [4.69, 9.17) is 37.9 Å². The molecule has 0 amide bonds. The van der Waals surface area contributed by atoms with Crippen molar-refractivity contribution < 1.29 is 72.4 Å². The van der Waals surface area contributed by atoms with E-state index in [1.165, 1.54) is 7.11 Å². The van der Waals surface area contributed by atoms with Crippen LogP contribution in [0.5, 0.6) is 0 Å². The van der Waals surface area contributed by atoms with E-state index in [0.717, 1.165) is 27.7 Å². The zero-order valence-electron chi connectivity index (χ0n) is 20.4. The van der Waals surface area contributed by atoms with Crippen LogP contribution in [0, 0.1) is 0 Å². The highest BCUT2D eigenvalue weighted by atomic mass is 16.8. The van der Waals surface area contributed by atoms with Gasteiger partial charge in [-0.15, -0.1) is 0 Å². The van der Waals surface area contributed by atoms with Gasteiger partial charge in [0, 0.05) is 34.8 Å². The van der Waals surface area contributed by atoms with Crippen LogP contribution in [0.25, 0.3) is 0 Å². The molecule has 15 nitrogen and oxygen atoms in total. The summed E-state index contributed by atoms with van der Waals surface area (Å²) in [5.41, 5.74) is 0. The van der Waals surface area contributed by atoms with Crippen LogP contribution in [0.15, 0.2) is 0 Å². The lowest BCUT2D eigenvalue weighted by Gasteiger charge is -2.47. The number of hydrogen-bond donors (Lipinski definition) is 3. The molecule has 0 aromatic carbocycles. The summed E-state index contributed by atoms with van der Waals surface area (Å²) >= 11 is 0. The van der Waals surface area contributed by atoms with Gasteiger partial charge < -0.3 is 53.2 Å². The number of methoxy groups -OCH3 is 1. The van der Waals surface area contributed by atoms with Gasteiger partial charge in [-0.3, -0.25) is 19.2 Å². The number of aliphatic hydroxyl groups excluding tert-OH is 3. The highest BCUT2D eigenvalue weighted by molar-refractivity contribution is 5.68. The number of ether oxygens (including phenoxy) is 8. The van der Waals surface area contributed by atoms with Crippen LogP contribution in [0.3, 0.4) is 0 Å². The molecule has 2 fully saturated rings. The fourth-order valence-corrected chi connectivity index (χ4v) is 3.86. The maximum Gasteiger partial charge on any atom is 0.303 e. The lowest BCUT2D eigenvalue weighted by molar-refractivity contribution is -0.359. The number of rotatable bonds is 9. The third-order valence-electron chi connectivity index (χ3n) is 5.29. The molecule has 206 valence electrons.